The van der Waals surface area contributed by atoms with E-state index in [0.717, 1.165) is 15.0 Å². The van der Waals surface area contributed by atoms with Gasteiger partial charge in [0.15, 0.2) is 0 Å². The summed E-state index contributed by atoms with van der Waals surface area (Å²) < 4.78 is 1.14. The Hall–Kier alpha value is -1.79. The van der Waals surface area contributed by atoms with Crippen LogP contribution in [0.5, 0.6) is 0 Å². The summed E-state index contributed by atoms with van der Waals surface area (Å²) in [5.41, 5.74) is 2.68. The van der Waals surface area contributed by atoms with E-state index >= 15 is 0 Å². The number of thioether (sulfide) groups is 1. The van der Waals surface area contributed by atoms with Crippen LogP contribution in [0.25, 0.3) is 0 Å². The summed E-state index contributed by atoms with van der Waals surface area (Å²) in [7, 11) is 0. The molecular formula is C20H16INOS. The SMILES string of the molecule is O=C(Nc1ccc(I)cc1)c1ccc(CSc2ccccc2)cc1. The molecule has 0 aliphatic rings. The quantitative estimate of drug-likeness (QED) is 0.395. The molecular weight excluding hydrogens is 429 g/mol. The number of amides is 1. The zero-order valence-electron chi connectivity index (χ0n) is 12.9. The van der Waals surface area contributed by atoms with Crippen molar-refractivity contribution in [2.75, 3.05) is 5.32 Å². The standard InChI is InChI=1S/C20H16INOS/c21-17-10-12-18(13-11-17)22-20(23)16-8-6-15(7-9-16)14-24-19-4-2-1-3-5-19/h1-13H,14H2,(H,22,23). The summed E-state index contributed by atoms with van der Waals surface area (Å²) in [6.07, 6.45) is 0. The number of carbonyl (C=O) groups excluding carboxylic acids is 1. The van der Waals surface area contributed by atoms with Gasteiger partial charge in [0.05, 0.1) is 0 Å². The van der Waals surface area contributed by atoms with Gasteiger partial charge in [-0.25, -0.2) is 0 Å². The van der Waals surface area contributed by atoms with Crippen molar-refractivity contribution < 1.29 is 4.79 Å². The summed E-state index contributed by atoms with van der Waals surface area (Å²) in [6.45, 7) is 0. The molecule has 0 bridgehead atoms. The molecule has 0 radical (unpaired) electrons. The summed E-state index contributed by atoms with van der Waals surface area (Å²) >= 11 is 4.03. The van der Waals surface area contributed by atoms with Gasteiger partial charge in [-0.05, 0) is 76.7 Å². The van der Waals surface area contributed by atoms with Gasteiger partial charge in [-0.3, -0.25) is 4.79 Å². The molecule has 1 N–H and O–H groups in total. The Morgan fingerprint density at radius 2 is 1.54 bits per heavy atom. The number of halogens is 1. The number of anilines is 1. The minimum atomic E-state index is -0.0847. The van der Waals surface area contributed by atoms with E-state index in [-0.39, 0.29) is 5.91 Å². The predicted octanol–water partition coefficient (Wildman–Crippen LogP) is 5.84. The summed E-state index contributed by atoms with van der Waals surface area (Å²) in [6, 6.07) is 25.9. The van der Waals surface area contributed by atoms with Crippen molar-refractivity contribution in [3.05, 3.63) is 93.6 Å². The zero-order valence-corrected chi connectivity index (χ0v) is 15.9. The Balaban J connectivity index is 1.59. The number of hydrogen-bond acceptors (Lipinski definition) is 2. The topological polar surface area (TPSA) is 29.1 Å². The second-order valence-corrected chi connectivity index (χ2v) is 7.55. The lowest BCUT2D eigenvalue weighted by Crippen LogP contribution is -2.11. The van der Waals surface area contributed by atoms with Gasteiger partial charge >= 0.3 is 0 Å². The first-order chi connectivity index (χ1) is 11.7. The summed E-state index contributed by atoms with van der Waals surface area (Å²) in [4.78, 5) is 13.5. The van der Waals surface area contributed by atoms with E-state index < -0.39 is 0 Å². The lowest BCUT2D eigenvalue weighted by molar-refractivity contribution is 0.102. The van der Waals surface area contributed by atoms with E-state index in [1.54, 1.807) is 11.8 Å². The Labute approximate surface area is 159 Å². The maximum Gasteiger partial charge on any atom is 0.255 e. The molecule has 3 aromatic carbocycles. The molecule has 0 saturated heterocycles. The monoisotopic (exact) mass is 445 g/mol. The lowest BCUT2D eigenvalue weighted by Gasteiger charge is -2.07. The first-order valence-electron chi connectivity index (χ1n) is 7.54. The van der Waals surface area contributed by atoms with E-state index in [0.29, 0.717) is 5.56 Å². The number of nitrogens with one attached hydrogen (secondary N) is 1. The van der Waals surface area contributed by atoms with Crippen LogP contribution >= 0.6 is 34.4 Å². The molecule has 24 heavy (non-hydrogen) atoms. The molecule has 0 aliphatic carbocycles. The summed E-state index contributed by atoms with van der Waals surface area (Å²) in [5.74, 6) is 0.807. The third-order valence-corrected chi connectivity index (χ3v) is 5.27. The molecule has 0 fully saturated rings. The number of carbonyl (C=O) groups is 1. The van der Waals surface area contributed by atoms with Crippen molar-refractivity contribution in [2.24, 2.45) is 0 Å². The van der Waals surface area contributed by atoms with E-state index in [9.17, 15) is 4.79 Å². The molecule has 3 aromatic rings. The highest BCUT2D eigenvalue weighted by molar-refractivity contribution is 14.1. The van der Waals surface area contributed by atoms with Crippen LogP contribution in [0.15, 0.2) is 83.8 Å². The van der Waals surface area contributed by atoms with Crippen LogP contribution in [-0.4, -0.2) is 5.91 Å². The van der Waals surface area contributed by atoms with Gasteiger partial charge in [-0.2, -0.15) is 0 Å². The lowest BCUT2D eigenvalue weighted by atomic mass is 10.1. The van der Waals surface area contributed by atoms with Gasteiger partial charge in [0.2, 0.25) is 0 Å². The molecule has 1 amide bonds. The van der Waals surface area contributed by atoms with Crippen molar-refractivity contribution in [3.8, 4) is 0 Å². The molecule has 0 aliphatic heterocycles. The Kier molecular flexibility index (Phi) is 5.93. The Morgan fingerprint density at radius 3 is 2.21 bits per heavy atom. The molecule has 0 heterocycles. The van der Waals surface area contributed by atoms with Crippen molar-refractivity contribution >= 4 is 45.9 Å². The molecule has 0 saturated carbocycles. The maximum absolute atomic E-state index is 12.3. The molecule has 120 valence electrons. The van der Waals surface area contributed by atoms with Gasteiger partial charge in [-0.15, -0.1) is 11.8 Å². The number of benzene rings is 3. The van der Waals surface area contributed by atoms with Gasteiger partial charge < -0.3 is 5.32 Å². The zero-order chi connectivity index (χ0) is 16.8. The fourth-order valence-electron chi connectivity index (χ4n) is 2.17. The van der Waals surface area contributed by atoms with Crippen LogP contribution in [0.2, 0.25) is 0 Å². The van der Waals surface area contributed by atoms with Gasteiger partial charge in [0.25, 0.3) is 5.91 Å². The van der Waals surface area contributed by atoms with E-state index in [1.165, 1.54) is 10.5 Å². The second-order valence-electron chi connectivity index (χ2n) is 5.26. The average Bonchev–Trinajstić information content (AvgIpc) is 2.63. The molecule has 0 unspecified atom stereocenters. The van der Waals surface area contributed by atoms with Gasteiger partial charge in [-0.1, -0.05) is 30.3 Å². The fraction of sp³-hybridized carbons (Fsp3) is 0.0500. The van der Waals surface area contributed by atoms with Crippen LogP contribution < -0.4 is 5.32 Å². The summed E-state index contributed by atoms with van der Waals surface area (Å²) in [5, 5.41) is 2.92. The van der Waals surface area contributed by atoms with E-state index in [4.69, 9.17) is 0 Å². The van der Waals surface area contributed by atoms with Crippen LogP contribution in [0, 0.1) is 3.57 Å². The molecule has 0 atom stereocenters. The third-order valence-electron chi connectivity index (χ3n) is 3.47. The molecule has 0 aromatic heterocycles. The number of rotatable bonds is 5. The van der Waals surface area contributed by atoms with Crippen molar-refractivity contribution in [3.63, 3.8) is 0 Å². The first-order valence-corrected chi connectivity index (χ1v) is 9.61. The van der Waals surface area contributed by atoms with Crippen molar-refractivity contribution in [1.29, 1.82) is 0 Å². The minimum Gasteiger partial charge on any atom is -0.322 e. The first kappa shape index (κ1) is 17.0. The van der Waals surface area contributed by atoms with Crippen LogP contribution in [0.1, 0.15) is 15.9 Å². The highest BCUT2D eigenvalue weighted by Gasteiger charge is 2.06. The Morgan fingerprint density at radius 1 is 0.875 bits per heavy atom. The van der Waals surface area contributed by atoms with Crippen molar-refractivity contribution in [1.82, 2.24) is 0 Å². The maximum atomic E-state index is 12.3. The number of hydrogen-bond donors (Lipinski definition) is 1. The van der Waals surface area contributed by atoms with Gasteiger partial charge in [0, 0.05) is 25.5 Å². The third kappa shape index (κ3) is 4.85. The molecule has 3 rings (SSSR count). The predicted molar refractivity (Wildman–Crippen MR) is 110 cm³/mol. The van der Waals surface area contributed by atoms with E-state index in [2.05, 4.69) is 40.0 Å². The largest absolute Gasteiger partial charge is 0.322 e. The van der Waals surface area contributed by atoms with E-state index in [1.807, 2.05) is 66.7 Å². The Bertz CT molecular complexity index is 801. The fourth-order valence-corrected chi connectivity index (χ4v) is 3.41. The minimum absolute atomic E-state index is 0.0847. The van der Waals surface area contributed by atoms with Crippen molar-refractivity contribution in [2.45, 2.75) is 10.6 Å². The van der Waals surface area contributed by atoms with Crippen LogP contribution in [-0.2, 0) is 5.75 Å². The van der Waals surface area contributed by atoms with Gasteiger partial charge in [0.1, 0.15) is 0 Å². The molecule has 4 heteroatoms. The van der Waals surface area contributed by atoms with Crippen LogP contribution in [0.4, 0.5) is 5.69 Å². The highest BCUT2D eigenvalue weighted by Crippen LogP contribution is 2.22. The smallest absolute Gasteiger partial charge is 0.255 e. The van der Waals surface area contributed by atoms with Crippen LogP contribution in [0.3, 0.4) is 0 Å². The molecule has 2 nitrogen and oxygen atoms in total. The normalized spacial score (nSPS) is 10.4. The average molecular weight is 445 g/mol. The second kappa shape index (κ2) is 8.35. The molecule has 0 spiro atoms. The highest BCUT2D eigenvalue weighted by atomic mass is 127.